The van der Waals surface area contributed by atoms with Crippen molar-refractivity contribution in [1.82, 2.24) is 20.4 Å². The second-order valence-electron chi connectivity index (χ2n) is 4.88. The maximum Gasteiger partial charge on any atom is 0.236 e. The molecular weight excluding hydrogens is 228 g/mol. The molecule has 2 atom stereocenters. The first-order valence-electron chi connectivity index (χ1n) is 6.72. The highest BCUT2D eigenvalue weighted by atomic mass is 16.2. The van der Waals surface area contributed by atoms with Crippen molar-refractivity contribution >= 4 is 5.91 Å². The number of rotatable bonds is 4. The summed E-state index contributed by atoms with van der Waals surface area (Å²) >= 11 is 0. The van der Waals surface area contributed by atoms with E-state index in [2.05, 4.69) is 28.9 Å². The van der Waals surface area contributed by atoms with Crippen LogP contribution < -0.4 is 10.6 Å². The molecule has 0 radical (unpaired) electrons. The molecule has 1 saturated heterocycles. The summed E-state index contributed by atoms with van der Waals surface area (Å²) in [5.74, 6) is 0.528. The lowest BCUT2D eigenvalue weighted by Crippen LogP contribution is -2.47. The molecule has 1 aromatic rings. The Kier molecular flexibility index (Phi) is 4.36. The lowest BCUT2D eigenvalue weighted by Gasteiger charge is -2.28. The summed E-state index contributed by atoms with van der Waals surface area (Å²) in [5, 5.41) is 10.3. The fourth-order valence-electron chi connectivity index (χ4n) is 2.54. The number of hydrogen-bond donors (Lipinski definition) is 2. The molecule has 18 heavy (non-hydrogen) atoms. The molecule has 0 spiro atoms. The molecular formula is C13H22N4O. The molecule has 1 aliphatic rings. The monoisotopic (exact) mass is 250 g/mol. The molecule has 1 amide bonds. The van der Waals surface area contributed by atoms with Gasteiger partial charge >= 0.3 is 0 Å². The third-order valence-electron chi connectivity index (χ3n) is 3.54. The van der Waals surface area contributed by atoms with Crippen molar-refractivity contribution in [2.24, 2.45) is 0 Å². The van der Waals surface area contributed by atoms with Gasteiger partial charge in [0.25, 0.3) is 0 Å². The van der Waals surface area contributed by atoms with Crippen molar-refractivity contribution < 1.29 is 4.79 Å². The van der Waals surface area contributed by atoms with Gasteiger partial charge < -0.3 is 10.6 Å². The second-order valence-corrected chi connectivity index (χ2v) is 4.88. The van der Waals surface area contributed by atoms with E-state index in [-0.39, 0.29) is 11.9 Å². The molecule has 1 aliphatic heterocycles. The largest absolute Gasteiger partial charge is 0.358 e. The van der Waals surface area contributed by atoms with Gasteiger partial charge in [-0.25, -0.2) is 0 Å². The third-order valence-corrected chi connectivity index (χ3v) is 3.54. The fraction of sp³-hybridized carbons (Fsp3) is 0.692. The molecule has 100 valence electrons. The van der Waals surface area contributed by atoms with Crippen molar-refractivity contribution in [1.29, 1.82) is 0 Å². The van der Waals surface area contributed by atoms with Gasteiger partial charge in [-0.05, 0) is 37.3 Å². The molecule has 2 N–H and O–H groups in total. The zero-order valence-corrected chi connectivity index (χ0v) is 11.1. The number of piperidine rings is 1. The number of nitrogens with zero attached hydrogens (tertiary/aromatic N) is 2. The second kappa shape index (κ2) is 6.00. The van der Waals surface area contributed by atoms with Gasteiger partial charge in [-0.3, -0.25) is 9.48 Å². The Balaban J connectivity index is 2.01. The fourth-order valence-corrected chi connectivity index (χ4v) is 2.54. The molecule has 2 heterocycles. The molecule has 1 aromatic heterocycles. The number of amides is 1. The minimum absolute atomic E-state index is 0.0664. The number of hydrogen-bond acceptors (Lipinski definition) is 3. The van der Waals surface area contributed by atoms with Gasteiger partial charge in [0.2, 0.25) is 5.91 Å². The number of nitrogens with one attached hydrogen (secondary N) is 2. The number of carbonyl (C=O) groups excluding carboxylic acids is 1. The van der Waals surface area contributed by atoms with Crippen LogP contribution in [0.15, 0.2) is 12.4 Å². The normalized spacial score (nSPS) is 23.9. The summed E-state index contributed by atoms with van der Waals surface area (Å²) in [7, 11) is 1.69. The average molecular weight is 250 g/mol. The minimum atomic E-state index is -0.0664. The number of aryl methyl sites for hydroxylation is 1. The van der Waals surface area contributed by atoms with Crippen LogP contribution in [0.4, 0.5) is 0 Å². The minimum Gasteiger partial charge on any atom is -0.358 e. The molecule has 0 bridgehead atoms. The smallest absolute Gasteiger partial charge is 0.236 e. The van der Waals surface area contributed by atoms with Crippen molar-refractivity contribution in [3.63, 3.8) is 0 Å². The van der Waals surface area contributed by atoms with Gasteiger partial charge in [0, 0.05) is 19.8 Å². The van der Waals surface area contributed by atoms with Gasteiger partial charge in [-0.2, -0.15) is 5.10 Å². The van der Waals surface area contributed by atoms with Gasteiger partial charge in [0.15, 0.2) is 0 Å². The van der Waals surface area contributed by atoms with Crippen LogP contribution in [-0.2, 0) is 11.3 Å². The van der Waals surface area contributed by atoms with E-state index in [0.29, 0.717) is 5.92 Å². The van der Waals surface area contributed by atoms with E-state index in [0.717, 1.165) is 32.4 Å². The molecule has 2 unspecified atom stereocenters. The maximum atomic E-state index is 11.7. The number of aromatic nitrogens is 2. The van der Waals surface area contributed by atoms with E-state index in [4.69, 9.17) is 0 Å². The lowest BCUT2D eigenvalue weighted by atomic mass is 9.88. The summed E-state index contributed by atoms with van der Waals surface area (Å²) in [6.45, 7) is 4.00. The Morgan fingerprint density at radius 2 is 2.50 bits per heavy atom. The highest BCUT2D eigenvalue weighted by molar-refractivity contribution is 5.81. The molecule has 0 aliphatic carbocycles. The average Bonchev–Trinajstić information content (AvgIpc) is 2.87. The number of carbonyl (C=O) groups is 1. The standard InChI is InChI=1S/C13H22N4O/c1-3-6-17-9-11(8-16-17)10-4-5-15-12(7-10)13(18)14-2/h8-10,12,15H,3-7H2,1-2H3,(H,14,18). The Morgan fingerprint density at radius 1 is 1.67 bits per heavy atom. The maximum absolute atomic E-state index is 11.7. The summed E-state index contributed by atoms with van der Waals surface area (Å²) in [6, 6.07) is -0.0664. The van der Waals surface area contributed by atoms with E-state index < -0.39 is 0 Å². The first-order chi connectivity index (χ1) is 8.74. The Hall–Kier alpha value is -1.36. The molecule has 2 rings (SSSR count). The highest BCUT2D eigenvalue weighted by Gasteiger charge is 2.27. The molecule has 0 aromatic carbocycles. The summed E-state index contributed by atoms with van der Waals surface area (Å²) in [6.07, 6.45) is 7.10. The topological polar surface area (TPSA) is 59.0 Å². The van der Waals surface area contributed by atoms with E-state index in [1.165, 1.54) is 5.56 Å². The SMILES string of the molecule is CCCn1cc(C2CCNC(C(=O)NC)C2)cn1. The molecule has 1 fully saturated rings. The van der Waals surface area contributed by atoms with E-state index in [9.17, 15) is 4.79 Å². The Bertz CT molecular complexity index is 401. The van der Waals surface area contributed by atoms with Crippen molar-refractivity contribution in [3.8, 4) is 0 Å². The van der Waals surface area contributed by atoms with Crippen LogP contribution in [0.1, 0.15) is 37.7 Å². The number of likely N-dealkylation sites (N-methyl/N-ethyl adjacent to an activating group) is 1. The predicted molar refractivity (Wildman–Crippen MR) is 70.4 cm³/mol. The van der Waals surface area contributed by atoms with E-state index >= 15 is 0 Å². The quantitative estimate of drug-likeness (QED) is 0.834. The molecule has 5 nitrogen and oxygen atoms in total. The summed E-state index contributed by atoms with van der Waals surface area (Å²) in [5.41, 5.74) is 1.26. The van der Waals surface area contributed by atoms with Crippen LogP contribution in [0.5, 0.6) is 0 Å². The van der Waals surface area contributed by atoms with E-state index in [1.807, 2.05) is 10.9 Å². The highest BCUT2D eigenvalue weighted by Crippen LogP contribution is 2.27. The summed E-state index contributed by atoms with van der Waals surface area (Å²) in [4.78, 5) is 11.7. The van der Waals surface area contributed by atoms with Crippen LogP contribution in [0.25, 0.3) is 0 Å². The van der Waals surface area contributed by atoms with Crippen LogP contribution in [0.2, 0.25) is 0 Å². The molecule has 5 heteroatoms. The zero-order chi connectivity index (χ0) is 13.0. The van der Waals surface area contributed by atoms with Crippen LogP contribution in [0, 0.1) is 0 Å². The van der Waals surface area contributed by atoms with Crippen molar-refractivity contribution in [2.45, 2.75) is 44.7 Å². The van der Waals surface area contributed by atoms with Crippen LogP contribution >= 0.6 is 0 Å². The van der Waals surface area contributed by atoms with Gasteiger partial charge in [0.1, 0.15) is 0 Å². The first kappa shape index (κ1) is 13.1. The predicted octanol–water partition coefficient (Wildman–Crippen LogP) is 0.875. The van der Waals surface area contributed by atoms with Crippen molar-refractivity contribution in [3.05, 3.63) is 18.0 Å². The van der Waals surface area contributed by atoms with Crippen molar-refractivity contribution in [2.75, 3.05) is 13.6 Å². The zero-order valence-electron chi connectivity index (χ0n) is 11.1. The van der Waals surface area contributed by atoms with Gasteiger partial charge in [-0.15, -0.1) is 0 Å². The van der Waals surface area contributed by atoms with E-state index in [1.54, 1.807) is 7.05 Å². The first-order valence-corrected chi connectivity index (χ1v) is 6.72. The van der Waals surface area contributed by atoms with Gasteiger partial charge in [0.05, 0.1) is 12.2 Å². The Labute approximate surface area is 108 Å². The van der Waals surface area contributed by atoms with Crippen LogP contribution in [0.3, 0.4) is 0 Å². The van der Waals surface area contributed by atoms with Gasteiger partial charge in [-0.1, -0.05) is 6.92 Å². The third kappa shape index (κ3) is 2.90. The molecule has 0 saturated carbocycles. The Morgan fingerprint density at radius 3 is 3.22 bits per heavy atom. The lowest BCUT2D eigenvalue weighted by molar-refractivity contribution is -0.123. The van der Waals surface area contributed by atoms with Crippen LogP contribution in [-0.4, -0.2) is 35.3 Å². The summed E-state index contributed by atoms with van der Waals surface area (Å²) < 4.78 is 1.99.